The van der Waals surface area contributed by atoms with Crippen LogP contribution in [-0.4, -0.2) is 16.2 Å². The van der Waals surface area contributed by atoms with Crippen molar-refractivity contribution in [1.29, 1.82) is 0 Å². The number of carbonyl (C=O) groups excluding carboxylic acids is 1. The zero-order chi connectivity index (χ0) is 13.0. The van der Waals surface area contributed by atoms with Crippen molar-refractivity contribution in [2.75, 3.05) is 5.32 Å². The van der Waals surface area contributed by atoms with Gasteiger partial charge in [-0.1, -0.05) is 41.2 Å². The summed E-state index contributed by atoms with van der Waals surface area (Å²) in [5.41, 5.74) is 2.24. The summed E-state index contributed by atoms with van der Waals surface area (Å²) in [5, 5.41) is 14.4. The molecule has 0 saturated heterocycles. The molecule has 0 bridgehead atoms. The Morgan fingerprint density at radius 1 is 1.33 bits per heavy atom. The Labute approximate surface area is 109 Å². The van der Waals surface area contributed by atoms with Crippen LogP contribution in [0.2, 0.25) is 0 Å². The molecule has 0 unspecified atom stereocenters. The van der Waals surface area contributed by atoms with Crippen LogP contribution in [0.25, 0.3) is 0 Å². The lowest BCUT2D eigenvalue weighted by Gasteiger charge is -2.05. The minimum Gasteiger partial charge on any atom is -0.334 e. The Kier molecular flexibility index (Phi) is 3.88. The summed E-state index contributed by atoms with van der Waals surface area (Å²) >= 11 is 1.35. The molecular weight excluding hydrogens is 248 g/mol. The molecule has 18 heavy (non-hydrogen) atoms. The number of anilines is 1. The van der Waals surface area contributed by atoms with E-state index < -0.39 is 0 Å². The van der Waals surface area contributed by atoms with Crippen LogP contribution in [0.15, 0.2) is 24.3 Å². The summed E-state index contributed by atoms with van der Waals surface area (Å²) in [5.74, 6) is 0. The lowest BCUT2D eigenvalue weighted by Crippen LogP contribution is -2.28. The molecule has 2 N–H and O–H groups in total. The Morgan fingerprint density at radius 3 is 2.83 bits per heavy atom. The van der Waals surface area contributed by atoms with Crippen molar-refractivity contribution in [3.63, 3.8) is 0 Å². The normalized spacial score (nSPS) is 10.1. The van der Waals surface area contributed by atoms with Gasteiger partial charge in [0.2, 0.25) is 5.13 Å². The van der Waals surface area contributed by atoms with Crippen LogP contribution in [0.3, 0.4) is 0 Å². The highest BCUT2D eigenvalue weighted by Gasteiger charge is 2.05. The van der Waals surface area contributed by atoms with Gasteiger partial charge in [-0.25, -0.2) is 4.79 Å². The maximum absolute atomic E-state index is 11.6. The summed E-state index contributed by atoms with van der Waals surface area (Å²) in [6, 6.07) is 7.73. The van der Waals surface area contributed by atoms with E-state index in [0.29, 0.717) is 11.7 Å². The zero-order valence-corrected chi connectivity index (χ0v) is 11.0. The maximum atomic E-state index is 11.6. The molecule has 0 fully saturated rings. The lowest BCUT2D eigenvalue weighted by molar-refractivity contribution is 0.251. The molecule has 5 nitrogen and oxygen atoms in total. The Bertz CT molecular complexity index is 553. The molecule has 0 atom stereocenters. The lowest BCUT2D eigenvalue weighted by atomic mass is 10.1. The van der Waals surface area contributed by atoms with Gasteiger partial charge in [-0.05, 0) is 19.4 Å². The number of hydrogen-bond acceptors (Lipinski definition) is 4. The van der Waals surface area contributed by atoms with Gasteiger partial charge < -0.3 is 5.32 Å². The van der Waals surface area contributed by atoms with Crippen molar-refractivity contribution in [3.8, 4) is 0 Å². The molecule has 0 spiro atoms. The predicted molar refractivity (Wildman–Crippen MR) is 71.7 cm³/mol. The fourth-order valence-corrected chi connectivity index (χ4v) is 2.08. The fourth-order valence-electron chi connectivity index (χ4n) is 1.49. The van der Waals surface area contributed by atoms with Crippen LogP contribution in [0.4, 0.5) is 9.93 Å². The highest BCUT2D eigenvalue weighted by atomic mass is 32.1. The number of hydrogen-bond donors (Lipinski definition) is 2. The molecule has 1 heterocycles. The molecule has 2 amide bonds. The van der Waals surface area contributed by atoms with E-state index >= 15 is 0 Å². The first-order chi connectivity index (χ1) is 8.63. The van der Waals surface area contributed by atoms with Gasteiger partial charge in [-0.15, -0.1) is 10.2 Å². The SMILES string of the molecule is Cc1cccc(CNC(=O)Nc2nnc(C)s2)c1. The van der Waals surface area contributed by atoms with E-state index in [1.54, 1.807) is 0 Å². The number of carbonyl (C=O) groups is 1. The molecule has 94 valence electrons. The number of rotatable bonds is 3. The molecule has 1 aromatic heterocycles. The predicted octanol–water partition coefficient (Wildman–Crippen LogP) is 2.48. The van der Waals surface area contributed by atoms with Gasteiger partial charge in [-0.2, -0.15) is 0 Å². The highest BCUT2D eigenvalue weighted by Crippen LogP contribution is 2.13. The summed E-state index contributed by atoms with van der Waals surface area (Å²) in [7, 11) is 0. The number of nitrogens with one attached hydrogen (secondary N) is 2. The Hall–Kier alpha value is -1.95. The summed E-state index contributed by atoms with van der Waals surface area (Å²) in [6.45, 7) is 4.35. The van der Waals surface area contributed by atoms with Crippen LogP contribution in [0.1, 0.15) is 16.1 Å². The van der Waals surface area contributed by atoms with E-state index in [1.807, 2.05) is 38.1 Å². The Morgan fingerprint density at radius 2 is 2.17 bits per heavy atom. The second kappa shape index (κ2) is 5.59. The van der Waals surface area contributed by atoms with Crippen molar-refractivity contribution in [2.24, 2.45) is 0 Å². The molecule has 0 aliphatic carbocycles. The van der Waals surface area contributed by atoms with Crippen LogP contribution in [0.5, 0.6) is 0 Å². The van der Waals surface area contributed by atoms with Crippen molar-refractivity contribution in [3.05, 3.63) is 40.4 Å². The third-order valence-electron chi connectivity index (χ3n) is 2.28. The van der Waals surface area contributed by atoms with Gasteiger partial charge >= 0.3 is 6.03 Å². The molecule has 0 aliphatic rings. The van der Waals surface area contributed by atoms with Gasteiger partial charge in [0.15, 0.2) is 0 Å². The average Bonchev–Trinajstić information content (AvgIpc) is 2.72. The van der Waals surface area contributed by atoms with E-state index in [2.05, 4.69) is 20.8 Å². The zero-order valence-electron chi connectivity index (χ0n) is 10.2. The first kappa shape index (κ1) is 12.5. The average molecular weight is 262 g/mol. The minimum absolute atomic E-state index is 0.271. The smallest absolute Gasteiger partial charge is 0.321 e. The standard InChI is InChI=1S/C12H14N4OS/c1-8-4-3-5-10(6-8)7-13-11(17)14-12-16-15-9(2)18-12/h3-6H,7H2,1-2H3,(H2,13,14,16,17). The van der Waals surface area contributed by atoms with Crippen molar-refractivity contribution < 1.29 is 4.79 Å². The van der Waals surface area contributed by atoms with Crippen molar-refractivity contribution in [1.82, 2.24) is 15.5 Å². The first-order valence-electron chi connectivity index (χ1n) is 5.54. The van der Waals surface area contributed by atoms with Crippen LogP contribution in [0, 0.1) is 13.8 Å². The maximum Gasteiger partial charge on any atom is 0.321 e. The summed E-state index contributed by atoms with van der Waals surface area (Å²) < 4.78 is 0. The van der Waals surface area contributed by atoms with Gasteiger partial charge in [-0.3, -0.25) is 5.32 Å². The van der Waals surface area contributed by atoms with E-state index in [9.17, 15) is 4.79 Å². The van der Waals surface area contributed by atoms with Gasteiger partial charge in [0.05, 0.1) is 0 Å². The first-order valence-corrected chi connectivity index (χ1v) is 6.35. The van der Waals surface area contributed by atoms with E-state index in [0.717, 1.165) is 10.6 Å². The quantitative estimate of drug-likeness (QED) is 0.893. The van der Waals surface area contributed by atoms with E-state index in [1.165, 1.54) is 16.9 Å². The summed E-state index contributed by atoms with van der Waals surface area (Å²) in [4.78, 5) is 11.6. The number of benzene rings is 1. The number of urea groups is 1. The topological polar surface area (TPSA) is 66.9 Å². The van der Waals surface area contributed by atoms with Gasteiger partial charge in [0.25, 0.3) is 0 Å². The molecule has 0 radical (unpaired) electrons. The molecule has 0 saturated carbocycles. The minimum atomic E-state index is -0.271. The molecule has 6 heteroatoms. The van der Waals surface area contributed by atoms with Crippen LogP contribution >= 0.6 is 11.3 Å². The fraction of sp³-hybridized carbons (Fsp3) is 0.250. The largest absolute Gasteiger partial charge is 0.334 e. The van der Waals surface area contributed by atoms with Crippen LogP contribution in [-0.2, 0) is 6.54 Å². The number of aromatic nitrogens is 2. The molecule has 2 aromatic rings. The van der Waals surface area contributed by atoms with Crippen molar-refractivity contribution in [2.45, 2.75) is 20.4 Å². The molecule has 2 rings (SSSR count). The van der Waals surface area contributed by atoms with Crippen molar-refractivity contribution >= 4 is 22.5 Å². The van der Waals surface area contributed by atoms with Crippen LogP contribution < -0.4 is 10.6 Å². The monoisotopic (exact) mass is 262 g/mol. The second-order valence-electron chi connectivity index (χ2n) is 3.92. The molecule has 0 aliphatic heterocycles. The van der Waals surface area contributed by atoms with Gasteiger partial charge in [0.1, 0.15) is 5.01 Å². The molecule has 1 aromatic carbocycles. The number of nitrogens with zero attached hydrogens (tertiary/aromatic N) is 2. The number of aryl methyl sites for hydroxylation is 2. The summed E-state index contributed by atoms with van der Waals surface area (Å²) in [6.07, 6.45) is 0. The van der Waals surface area contributed by atoms with E-state index in [-0.39, 0.29) is 6.03 Å². The third-order valence-corrected chi connectivity index (χ3v) is 3.04. The van der Waals surface area contributed by atoms with Gasteiger partial charge in [0, 0.05) is 6.54 Å². The highest BCUT2D eigenvalue weighted by molar-refractivity contribution is 7.15. The molecular formula is C12H14N4OS. The Balaban J connectivity index is 1.85. The third kappa shape index (κ3) is 3.53. The van der Waals surface area contributed by atoms with E-state index in [4.69, 9.17) is 0 Å². The number of amides is 2. The second-order valence-corrected chi connectivity index (χ2v) is 5.10.